The minimum absolute atomic E-state index is 0.0118. The maximum absolute atomic E-state index is 11.5. The highest BCUT2D eigenvalue weighted by atomic mass is 79.9. The zero-order valence-corrected chi connectivity index (χ0v) is 12.4. The summed E-state index contributed by atoms with van der Waals surface area (Å²) in [5.41, 5.74) is 0. The molecule has 1 amide bonds. The van der Waals surface area contributed by atoms with Gasteiger partial charge in [0.1, 0.15) is 0 Å². The molecule has 2 N–H and O–H groups in total. The first kappa shape index (κ1) is 14.6. The number of hydrogen-bond donors (Lipinski definition) is 2. The average Bonchev–Trinajstić information content (AvgIpc) is 2.64. The second kappa shape index (κ2) is 7.81. The first-order chi connectivity index (χ1) is 8.13. The zero-order valence-electron chi connectivity index (χ0n) is 9.96. The van der Waals surface area contributed by atoms with E-state index >= 15 is 0 Å². The molecule has 1 heterocycles. The Kier molecular flexibility index (Phi) is 6.72. The fourth-order valence-electron chi connectivity index (χ4n) is 1.36. The van der Waals surface area contributed by atoms with Crippen molar-refractivity contribution in [1.29, 1.82) is 0 Å². The van der Waals surface area contributed by atoms with Gasteiger partial charge in [0, 0.05) is 29.0 Å². The van der Waals surface area contributed by atoms with E-state index < -0.39 is 0 Å². The number of carbonyl (C=O) groups excluding carboxylic acids is 1. The molecule has 0 radical (unpaired) electrons. The Bertz CT molecular complexity index is 357. The van der Waals surface area contributed by atoms with Crippen LogP contribution in [-0.2, 0) is 16.1 Å². The van der Waals surface area contributed by atoms with Gasteiger partial charge in [0.2, 0.25) is 5.91 Å². The Morgan fingerprint density at radius 2 is 2.41 bits per heavy atom. The van der Waals surface area contributed by atoms with Crippen LogP contribution in [0.5, 0.6) is 0 Å². The monoisotopic (exact) mass is 320 g/mol. The van der Waals surface area contributed by atoms with Crippen molar-refractivity contribution in [3.63, 3.8) is 0 Å². The molecule has 1 atom stereocenters. The van der Waals surface area contributed by atoms with Crippen LogP contribution in [0.2, 0.25) is 0 Å². The normalized spacial score (nSPS) is 12.4. The molecular formula is C11H17BrN2O2S. The molecule has 1 aromatic rings. The lowest BCUT2D eigenvalue weighted by molar-refractivity contribution is -0.121. The van der Waals surface area contributed by atoms with Gasteiger partial charge < -0.3 is 15.4 Å². The summed E-state index contributed by atoms with van der Waals surface area (Å²) in [6.07, 6.45) is 0. The SMILES string of the molecule is COCC(C)NC(=O)CNCc1sccc1Br. The minimum Gasteiger partial charge on any atom is -0.383 e. The molecule has 0 bridgehead atoms. The summed E-state index contributed by atoms with van der Waals surface area (Å²) in [5, 5.41) is 7.96. The van der Waals surface area contributed by atoms with Crippen LogP contribution in [0, 0.1) is 0 Å². The Labute approximate surface area is 114 Å². The second-order valence-electron chi connectivity index (χ2n) is 3.72. The molecule has 0 aromatic carbocycles. The molecule has 0 saturated heterocycles. The minimum atomic E-state index is -0.0118. The Hall–Kier alpha value is -0.430. The van der Waals surface area contributed by atoms with Gasteiger partial charge in [-0.15, -0.1) is 11.3 Å². The summed E-state index contributed by atoms with van der Waals surface area (Å²) in [7, 11) is 1.62. The first-order valence-electron chi connectivity index (χ1n) is 5.34. The second-order valence-corrected chi connectivity index (χ2v) is 5.57. The van der Waals surface area contributed by atoms with Gasteiger partial charge in [-0.1, -0.05) is 0 Å². The van der Waals surface area contributed by atoms with E-state index in [1.54, 1.807) is 18.4 Å². The van der Waals surface area contributed by atoms with Gasteiger partial charge in [-0.2, -0.15) is 0 Å². The summed E-state index contributed by atoms with van der Waals surface area (Å²) in [6, 6.07) is 2.05. The highest BCUT2D eigenvalue weighted by Gasteiger charge is 2.07. The van der Waals surface area contributed by atoms with E-state index in [0.717, 1.165) is 4.47 Å². The van der Waals surface area contributed by atoms with Crippen LogP contribution in [0.4, 0.5) is 0 Å². The molecular weight excluding hydrogens is 304 g/mol. The largest absolute Gasteiger partial charge is 0.383 e. The Morgan fingerprint density at radius 3 is 3.00 bits per heavy atom. The van der Waals surface area contributed by atoms with E-state index in [0.29, 0.717) is 19.7 Å². The zero-order chi connectivity index (χ0) is 12.7. The van der Waals surface area contributed by atoms with Gasteiger partial charge >= 0.3 is 0 Å². The molecule has 96 valence electrons. The molecule has 0 saturated carbocycles. The van der Waals surface area contributed by atoms with Crippen LogP contribution in [0.15, 0.2) is 15.9 Å². The van der Waals surface area contributed by atoms with E-state index in [9.17, 15) is 4.79 Å². The predicted octanol–water partition coefficient (Wildman–Crippen LogP) is 1.75. The van der Waals surface area contributed by atoms with Crippen molar-refractivity contribution in [3.05, 3.63) is 20.8 Å². The molecule has 0 fully saturated rings. The third-order valence-corrected chi connectivity index (χ3v) is 4.01. The third kappa shape index (κ3) is 5.63. The molecule has 0 aliphatic carbocycles. The number of nitrogens with one attached hydrogen (secondary N) is 2. The van der Waals surface area contributed by atoms with Crippen LogP contribution in [0.3, 0.4) is 0 Å². The van der Waals surface area contributed by atoms with Gasteiger partial charge in [0.25, 0.3) is 0 Å². The molecule has 0 aliphatic heterocycles. The molecule has 6 heteroatoms. The molecule has 4 nitrogen and oxygen atoms in total. The molecule has 0 spiro atoms. The van der Waals surface area contributed by atoms with Gasteiger partial charge in [-0.05, 0) is 34.3 Å². The number of amides is 1. The van der Waals surface area contributed by atoms with Gasteiger partial charge in [0.15, 0.2) is 0 Å². The van der Waals surface area contributed by atoms with Crippen LogP contribution >= 0.6 is 27.3 Å². The summed E-state index contributed by atoms with van der Waals surface area (Å²) in [5.74, 6) is -0.0118. The number of hydrogen-bond acceptors (Lipinski definition) is 4. The molecule has 1 unspecified atom stereocenters. The molecule has 1 rings (SSSR count). The summed E-state index contributed by atoms with van der Waals surface area (Å²) in [4.78, 5) is 12.7. The number of methoxy groups -OCH3 is 1. The van der Waals surface area contributed by atoms with Gasteiger partial charge in [-0.3, -0.25) is 4.79 Å². The van der Waals surface area contributed by atoms with E-state index in [2.05, 4.69) is 26.6 Å². The molecule has 0 aliphatic rings. The lowest BCUT2D eigenvalue weighted by atomic mass is 10.3. The standard InChI is InChI=1S/C11H17BrN2O2S/c1-8(7-16-2)14-11(15)6-13-5-10-9(12)3-4-17-10/h3-4,8,13H,5-7H2,1-2H3,(H,14,15). The fourth-order valence-corrected chi connectivity index (χ4v) is 2.82. The van der Waals surface area contributed by atoms with Crippen molar-refractivity contribution in [3.8, 4) is 0 Å². The predicted molar refractivity (Wildman–Crippen MR) is 73.2 cm³/mol. The van der Waals surface area contributed by atoms with Crippen molar-refractivity contribution in [2.75, 3.05) is 20.3 Å². The van der Waals surface area contributed by atoms with Crippen molar-refractivity contribution >= 4 is 33.2 Å². The number of rotatable bonds is 7. The maximum Gasteiger partial charge on any atom is 0.234 e. The van der Waals surface area contributed by atoms with Crippen LogP contribution in [0.1, 0.15) is 11.8 Å². The van der Waals surface area contributed by atoms with Gasteiger partial charge in [0.05, 0.1) is 13.2 Å². The maximum atomic E-state index is 11.5. The quantitative estimate of drug-likeness (QED) is 0.804. The van der Waals surface area contributed by atoms with E-state index in [4.69, 9.17) is 4.74 Å². The van der Waals surface area contributed by atoms with E-state index in [1.807, 2.05) is 18.4 Å². The van der Waals surface area contributed by atoms with E-state index in [1.165, 1.54) is 4.88 Å². The summed E-state index contributed by atoms with van der Waals surface area (Å²) >= 11 is 5.11. The highest BCUT2D eigenvalue weighted by Crippen LogP contribution is 2.21. The molecule has 1 aromatic heterocycles. The van der Waals surface area contributed by atoms with Crippen LogP contribution < -0.4 is 10.6 Å². The molecule has 17 heavy (non-hydrogen) atoms. The number of halogens is 1. The van der Waals surface area contributed by atoms with Crippen molar-refractivity contribution in [2.24, 2.45) is 0 Å². The van der Waals surface area contributed by atoms with Crippen LogP contribution in [-0.4, -0.2) is 32.2 Å². The Balaban J connectivity index is 2.18. The van der Waals surface area contributed by atoms with Gasteiger partial charge in [-0.25, -0.2) is 0 Å². The lowest BCUT2D eigenvalue weighted by Crippen LogP contribution is -2.40. The summed E-state index contributed by atoms with van der Waals surface area (Å²) < 4.78 is 6.03. The number of thiophene rings is 1. The third-order valence-electron chi connectivity index (χ3n) is 2.09. The van der Waals surface area contributed by atoms with Crippen LogP contribution in [0.25, 0.3) is 0 Å². The van der Waals surface area contributed by atoms with Crippen molar-refractivity contribution in [1.82, 2.24) is 10.6 Å². The first-order valence-corrected chi connectivity index (χ1v) is 7.01. The van der Waals surface area contributed by atoms with Crippen molar-refractivity contribution < 1.29 is 9.53 Å². The number of ether oxygens (including phenoxy) is 1. The van der Waals surface area contributed by atoms with Crippen molar-refractivity contribution in [2.45, 2.75) is 19.5 Å². The van der Waals surface area contributed by atoms with E-state index in [-0.39, 0.29) is 11.9 Å². The highest BCUT2D eigenvalue weighted by molar-refractivity contribution is 9.10. The topological polar surface area (TPSA) is 50.4 Å². The fraction of sp³-hybridized carbons (Fsp3) is 0.545. The summed E-state index contributed by atoms with van der Waals surface area (Å²) in [6.45, 7) is 3.46. The lowest BCUT2D eigenvalue weighted by Gasteiger charge is -2.12. The smallest absolute Gasteiger partial charge is 0.234 e. The number of carbonyl (C=O) groups is 1. The average molecular weight is 321 g/mol. The Morgan fingerprint density at radius 1 is 1.65 bits per heavy atom.